The van der Waals surface area contributed by atoms with Gasteiger partial charge in [-0.3, -0.25) is 0 Å². The zero-order valence-electron chi connectivity index (χ0n) is 16.6. The van der Waals surface area contributed by atoms with E-state index in [9.17, 15) is 9.18 Å². The lowest BCUT2D eigenvalue weighted by atomic mass is 10.0. The molecule has 0 fully saturated rings. The van der Waals surface area contributed by atoms with Crippen LogP contribution in [-0.2, 0) is 30.4 Å². The van der Waals surface area contributed by atoms with Gasteiger partial charge in [-0.25, -0.2) is 9.18 Å². The zero-order valence-corrected chi connectivity index (χ0v) is 18.1. The highest BCUT2D eigenvalue weighted by Crippen LogP contribution is 2.28. The first-order valence-corrected chi connectivity index (χ1v) is 9.40. The first-order valence-electron chi connectivity index (χ1n) is 8.65. The monoisotopic (exact) mass is 455 g/mol. The van der Waals surface area contributed by atoms with Crippen molar-refractivity contribution >= 4 is 40.5 Å². The maximum atomic E-state index is 14.2. The molecule has 9 heteroatoms. The van der Waals surface area contributed by atoms with Gasteiger partial charge in [-0.15, -0.1) is 0 Å². The molecule has 0 bridgehead atoms. The smallest absolute Gasteiger partial charge is 0.341 e. The maximum absolute atomic E-state index is 14.2. The van der Waals surface area contributed by atoms with Crippen LogP contribution in [0.4, 0.5) is 4.39 Å². The minimum atomic E-state index is -0.607. The number of esters is 1. The van der Waals surface area contributed by atoms with Gasteiger partial charge in [0.1, 0.15) is 23.7 Å². The maximum Gasteiger partial charge on any atom is 0.341 e. The highest BCUT2D eigenvalue weighted by Gasteiger charge is 2.19. The Labute approximate surface area is 183 Å². The molecule has 0 saturated heterocycles. The molecule has 0 aromatic heterocycles. The minimum absolute atomic E-state index is 0.0103. The van der Waals surface area contributed by atoms with Crippen molar-refractivity contribution in [3.63, 3.8) is 0 Å². The summed E-state index contributed by atoms with van der Waals surface area (Å²) in [6.07, 6.45) is 1.25. The normalized spacial score (nSPS) is 11.9. The molecule has 0 aliphatic carbocycles. The molecule has 6 nitrogen and oxygen atoms in total. The van der Waals surface area contributed by atoms with Crippen LogP contribution in [-0.4, -0.2) is 39.6 Å². The van der Waals surface area contributed by atoms with E-state index < -0.39 is 11.8 Å². The average molecular weight is 456 g/mol. The van der Waals surface area contributed by atoms with Crippen LogP contribution in [0.25, 0.3) is 5.57 Å². The van der Waals surface area contributed by atoms with E-state index in [0.717, 1.165) is 0 Å². The fraction of sp³-hybridized carbons (Fsp3) is 0.238. The fourth-order valence-corrected chi connectivity index (χ4v) is 2.99. The molecule has 0 saturated carbocycles. The molecule has 30 heavy (non-hydrogen) atoms. The first-order chi connectivity index (χ1) is 14.4. The van der Waals surface area contributed by atoms with Crippen molar-refractivity contribution in [3.8, 4) is 0 Å². The number of methoxy groups -OCH3 is 3. The van der Waals surface area contributed by atoms with E-state index >= 15 is 0 Å². The van der Waals surface area contributed by atoms with E-state index in [1.54, 1.807) is 18.2 Å². The average Bonchev–Trinajstić information content (AvgIpc) is 2.73. The van der Waals surface area contributed by atoms with Gasteiger partial charge in [0.2, 0.25) is 0 Å². The molecule has 0 aliphatic rings. The molecule has 0 unspecified atom stereocenters. The van der Waals surface area contributed by atoms with Gasteiger partial charge in [0, 0.05) is 33.8 Å². The Hall–Kier alpha value is -2.61. The number of hydrogen-bond donors (Lipinski definition) is 0. The van der Waals surface area contributed by atoms with Crippen molar-refractivity contribution in [1.29, 1.82) is 0 Å². The molecule has 160 valence electrons. The molecule has 0 amide bonds. The van der Waals surface area contributed by atoms with Gasteiger partial charge in [-0.05, 0) is 24.3 Å². The summed E-state index contributed by atoms with van der Waals surface area (Å²) in [4.78, 5) is 17.6. The second kappa shape index (κ2) is 11.5. The predicted molar refractivity (Wildman–Crippen MR) is 113 cm³/mol. The van der Waals surface area contributed by atoms with Crippen LogP contribution in [0, 0.1) is 5.82 Å². The van der Waals surface area contributed by atoms with E-state index in [1.165, 1.54) is 45.8 Å². The molecule has 0 N–H and O–H groups in total. The Balaban J connectivity index is 2.37. The molecular formula is C21H20Cl2FNO5. The summed E-state index contributed by atoms with van der Waals surface area (Å²) in [5, 5.41) is 4.69. The van der Waals surface area contributed by atoms with E-state index in [4.69, 9.17) is 42.3 Å². The number of benzene rings is 2. The van der Waals surface area contributed by atoms with Gasteiger partial charge in [0.25, 0.3) is 0 Å². The topological polar surface area (TPSA) is 66.4 Å². The van der Waals surface area contributed by atoms with E-state index in [2.05, 4.69) is 5.16 Å². The first kappa shape index (κ1) is 23.7. The van der Waals surface area contributed by atoms with Crippen molar-refractivity contribution in [2.75, 3.05) is 27.9 Å². The summed E-state index contributed by atoms with van der Waals surface area (Å²) >= 11 is 12.3. The number of rotatable bonds is 9. The van der Waals surface area contributed by atoms with Gasteiger partial charge in [-0.2, -0.15) is 0 Å². The molecule has 0 aliphatic heterocycles. The van der Waals surface area contributed by atoms with Gasteiger partial charge >= 0.3 is 5.97 Å². The number of carbonyl (C=O) groups is 1. The summed E-state index contributed by atoms with van der Waals surface area (Å²) in [7, 11) is 4.11. The van der Waals surface area contributed by atoms with E-state index in [0.29, 0.717) is 21.2 Å². The molecule has 0 spiro atoms. The molecule has 0 heterocycles. The second-order valence-corrected chi connectivity index (χ2v) is 6.74. The SMILES string of the molecule is CO/C=C(/C(=O)OC)c1cccc(Cl)c1CO/N=C(\COC)c1cc(Cl)ccc1F. The Morgan fingerprint density at radius 1 is 1.13 bits per heavy atom. The van der Waals surface area contributed by atoms with Crippen LogP contribution in [0.1, 0.15) is 16.7 Å². The van der Waals surface area contributed by atoms with Crippen LogP contribution < -0.4 is 0 Å². The van der Waals surface area contributed by atoms with Gasteiger partial charge < -0.3 is 19.0 Å². The van der Waals surface area contributed by atoms with E-state index in [-0.39, 0.29) is 30.1 Å². The lowest BCUT2D eigenvalue weighted by Gasteiger charge is -2.13. The largest absolute Gasteiger partial charge is 0.503 e. The number of hydrogen-bond acceptors (Lipinski definition) is 6. The summed E-state index contributed by atoms with van der Waals surface area (Å²) in [6, 6.07) is 9.07. The number of ether oxygens (including phenoxy) is 3. The number of halogens is 3. The summed E-state index contributed by atoms with van der Waals surface area (Å²) in [5.74, 6) is -1.13. The van der Waals surface area contributed by atoms with Gasteiger partial charge in [0.15, 0.2) is 0 Å². The van der Waals surface area contributed by atoms with Crippen LogP contribution in [0.5, 0.6) is 0 Å². The Kier molecular flexibility index (Phi) is 9.11. The molecule has 0 atom stereocenters. The third-order valence-electron chi connectivity index (χ3n) is 3.95. The molecule has 2 aromatic rings. The quantitative estimate of drug-likeness (QED) is 0.177. The second-order valence-electron chi connectivity index (χ2n) is 5.89. The molecule has 2 rings (SSSR count). The molecule has 0 radical (unpaired) electrons. The van der Waals surface area contributed by atoms with Crippen molar-refractivity contribution in [3.05, 3.63) is 75.2 Å². The fourth-order valence-electron chi connectivity index (χ4n) is 2.59. The Morgan fingerprint density at radius 2 is 1.90 bits per heavy atom. The summed E-state index contributed by atoms with van der Waals surface area (Å²) in [6.45, 7) is -0.119. The Morgan fingerprint density at radius 3 is 2.57 bits per heavy atom. The third kappa shape index (κ3) is 5.95. The van der Waals surface area contributed by atoms with Crippen molar-refractivity contribution in [1.82, 2.24) is 0 Å². The van der Waals surface area contributed by atoms with Crippen LogP contribution in [0.2, 0.25) is 10.0 Å². The molecule has 2 aromatic carbocycles. The lowest BCUT2D eigenvalue weighted by Crippen LogP contribution is -2.12. The highest BCUT2D eigenvalue weighted by atomic mass is 35.5. The minimum Gasteiger partial charge on any atom is -0.503 e. The third-order valence-corrected chi connectivity index (χ3v) is 4.54. The molecular weight excluding hydrogens is 436 g/mol. The Bertz CT molecular complexity index is 962. The summed E-state index contributed by atoms with van der Waals surface area (Å²) in [5.41, 5.74) is 1.43. The van der Waals surface area contributed by atoms with Crippen molar-refractivity contribution in [2.24, 2.45) is 5.16 Å². The van der Waals surface area contributed by atoms with Crippen LogP contribution in [0.15, 0.2) is 47.8 Å². The highest BCUT2D eigenvalue weighted by molar-refractivity contribution is 6.32. The van der Waals surface area contributed by atoms with Crippen molar-refractivity contribution in [2.45, 2.75) is 6.61 Å². The lowest BCUT2D eigenvalue weighted by molar-refractivity contribution is -0.133. The van der Waals surface area contributed by atoms with Crippen LogP contribution in [0.3, 0.4) is 0 Å². The number of nitrogens with zero attached hydrogens (tertiary/aromatic N) is 1. The van der Waals surface area contributed by atoms with Crippen molar-refractivity contribution < 1.29 is 28.2 Å². The van der Waals surface area contributed by atoms with Gasteiger partial charge in [0.05, 0.1) is 27.1 Å². The summed E-state index contributed by atoms with van der Waals surface area (Å²) < 4.78 is 29.1. The number of carbonyl (C=O) groups excluding carboxylic acids is 1. The number of oxime groups is 1. The van der Waals surface area contributed by atoms with Crippen LogP contribution >= 0.6 is 23.2 Å². The standard InChI is InChI=1S/C21H20Cl2FNO5/c1-27-10-17(21(26)29-3)14-5-4-6-18(23)16(14)11-30-25-20(12-28-2)15-9-13(22)7-8-19(15)24/h4-10H,11-12H2,1-3H3/b17-10+,25-20+. The predicted octanol–water partition coefficient (Wildman–Crippen LogP) is 4.86. The van der Waals surface area contributed by atoms with E-state index in [1.807, 2.05) is 0 Å². The zero-order chi connectivity index (χ0) is 22.1. The van der Waals surface area contributed by atoms with Gasteiger partial charge in [-0.1, -0.05) is 40.5 Å².